The molecule has 90 valence electrons. The average molecular weight is 230 g/mol. The van der Waals surface area contributed by atoms with Gasteiger partial charge in [-0.25, -0.2) is 0 Å². The van der Waals surface area contributed by atoms with Crippen LogP contribution in [-0.2, 0) is 13.1 Å². The molecular formula is C13H18N4. The zero-order chi connectivity index (χ0) is 12.4. The lowest BCUT2D eigenvalue weighted by molar-refractivity contribution is 0.704. The van der Waals surface area contributed by atoms with Crippen molar-refractivity contribution in [3.63, 3.8) is 0 Å². The summed E-state index contributed by atoms with van der Waals surface area (Å²) in [5, 5.41) is 8.43. The Morgan fingerprint density at radius 1 is 1.18 bits per heavy atom. The fraction of sp³-hybridized carbons (Fsp3) is 0.385. The van der Waals surface area contributed by atoms with E-state index in [1.807, 2.05) is 0 Å². The van der Waals surface area contributed by atoms with E-state index in [1.165, 1.54) is 16.7 Å². The van der Waals surface area contributed by atoms with E-state index in [4.69, 9.17) is 5.73 Å². The maximum Gasteiger partial charge on any atom is 0.164 e. The molecule has 0 radical (unpaired) electrons. The molecule has 0 atom stereocenters. The van der Waals surface area contributed by atoms with Crippen LogP contribution < -0.4 is 5.73 Å². The van der Waals surface area contributed by atoms with Crippen LogP contribution in [0, 0.1) is 13.8 Å². The maximum absolute atomic E-state index is 5.67. The normalized spacial score (nSPS) is 10.8. The van der Waals surface area contributed by atoms with Crippen molar-refractivity contribution >= 4 is 0 Å². The molecule has 2 rings (SSSR count). The molecule has 2 N–H and O–H groups in total. The lowest BCUT2D eigenvalue weighted by atomic mass is 10.0. The first-order chi connectivity index (χ1) is 8.19. The third-order valence-corrected chi connectivity index (χ3v) is 3.03. The van der Waals surface area contributed by atoms with E-state index in [2.05, 4.69) is 53.7 Å². The molecule has 1 aromatic carbocycles. The predicted molar refractivity (Wildman–Crippen MR) is 68.5 cm³/mol. The van der Waals surface area contributed by atoms with Crippen LogP contribution in [0.3, 0.4) is 0 Å². The van der Waals surface area contributed by atoms with Crippen LogP contribution in [-0.4, -0.2) is 14.8 Å². The molecule has 2 aromatic rings. The van der Waals surface area contributed by atoms with Gasteiger partial charge in [0, 0.05) is 12.1 Å². The topological polar surface area (TPSA) is 56.7 Å². The minimum atomic E-state index is 0.422. The van der Waals surface area contributed by atoms with E-state index in [0.29, 0.717) is 6.54 Å². The highest BCUT2D eigenvalue weighted by Gasteiger charge is 2.14. The first-order valence-electron chi connectivity index (χ1n) is 5.87. The molecule has 0 saturated heterocycles. The van der Waals surface area contributed by atoms with Gasteiger partial charge in [-0.05, 0) is 31.9 Å². The molecule has 0 aliphatic heterocycles. The largest absolute Gasteiger partial charge is 0.324 e. The molecule has 0 saturated carbocycles. The SMILES string of the molecule is CCn1c(CN)nnc1-c1c(C)cccc1C. The van der Waals surface area contributed by atoms with Gasteiger partial charge in [0.2, 0.25) is 0 Å². The minimum Gasteiger partial charge on any atom is -0.324 e. The first-order valence-corrected chi connectivity index (χ1v) is 5.87. The Morgan fingerprint density at radius 2 is 1.82 bits per heavy atom. The molecule has 4 nitrogen and oxygen atoms in total. The molecular weight excluding hydrogens is 212 g/mol. The summed E-state index contributed by atoms with van der Waals surface area (Å²) in [7, 11) is 0. The van der Waals surface area contributed by atoms with E-state index in [9.17, 15) is 0 Å². The molecule has 0 bridgehead atoms. The monoisotopic (exact) mass is 230 g/mol. The summed E-state index contributed by atoms with van der Waals surface area (Å²) in [6, 6.07) is 6.25. The summed E-state index contributed by atoms with van der Waals surface area (Å²) >= 11 is 0. The number of benzene rings is 1. The quantitative estimate of drug-likeness (QED) is 0.877. The van der Waals surface area contributed by atoms with Crippen molar-refractivity contribution < 1.29 is 0 Å². The highest BCUT2D eigenvalue weighted by atomic mass is 15.3. The number of nitrogens with two attached hydrogens (primary N) is 1. The highest BCUT2D eigenvalue weighted by Crippen LogP contribution is 2.25. The number of rotatable bonds is 3. The summed E-state index contributed by atoms with van der Waals surface area (Å²) in [5.41, 5.74) is 9.27. The summed E-state index contributed by atoms with van der Waals surface area (Å²) in [6.07, 6.45) is 0. The van der Waals surface area contributed by atoms with Crippen molar-refractivity contribution in [1.82, 2.24) is 14.8 Å². The molecule has 0 aliphatic rings. The van der Waals surface area contributed by atoms with E-state index in [1.54, 1.807) is 0 Å². The summed E-state index contributed by atoms with van der Waals surface area (Å²) in [4.78, 5) is 0. The highest BCUT2D eigenvalue weighted by molar-refractivity contribution is 5.64. The van der Waals surface area contributed by atoms with Gasteiger partial charge < -0.3 is 10.3 Å². The van der Waals surface area contributed by atoms with Gasteiger partial charge in [-0.2, -0.15) is 0 Å². The van der Waals surface area contributed by atoms with Gasteiger partial charge in [-0.15, -0.1) is 10.2 Å². The average Bonchev–Trinajstić information content (AvgIpc) is 2.71. The lowest BCUT2D eigenvalue weighted by Crippen LogP contribution is -2.08. The van der Waals surface area contributed by atoms with Crippen molar-refractivity contribution in [3.05, 3.63) is 35.2 Å². The molecule has 4 heteroatoms. The summed E-state index contributed by atoms with van der Waals surface area (Å²) < 4.78 is 2.08. The van der Waals surface area contributed by atoms with Crippen molar-refractivity contribution in [2.24, 2.45) is 5.73 Å². The van der Waals surface area contributed by atoms with Crippen LogP contribution >= 0.6 is 0 Å². The van der Waals surface area contributed by atoms with Gasteiger partial charge in [-0.1, -0.05) is 18.2 Å². The summed E-state index contributed by atoms with van der Waals surface area (Å²) in [6.45, 7) is 7.53. The molecule has 0 fully saturated rings. The zero-order valence-corrected chi connectivity index (χ0v) is 10.6. The Bertz CT molecular complexity index is 508. The Hall–Kier alpha value is -1.68. The van der Waals surface area contributed by atoms with Crippen LogP contribution in [0.4, 0.5) is 0 Å². The van der Waals surface area contributed by atoms with E-state index >= 15 is 0 Å². The third-order valence-electron chi connectivity index (χ3n) is 3.03. The number of hydrogen-bond donors (Lipinski definition) is 1. The smallest absolute Gasteiger partial charge is 0.164 e. The molecule has 0 spiro atoms. The number of aryl methyl sites for hydroxylation is 2. The molecule has 0 unspecified atom stereocenters. The number of nitrogens with zero attached hydrogens (tertiary/aromatic N) is 3. The second-order valence-corrected chi connectivity index (χ2v) is 4.16. The fourth-order valence-corrected chi connectivity index (χ4v) is 2.17. The van der Waals surface area contributed by atoms with Crippen LogP contribution in [0.25, 0.3) is 11.4 Å². The third kappa shape index (κ3) is 1.96. The lowest BCUT2D eigenvalue weighted by Gasteiger charge is -2.11. The second-order valence-electron chi connectivity index (χ2n) is 4.16. The molecule has 1 aromatic heterocycles. The summed E-state index contributed by atoms with van der Waals surface area (Å²) in [5.74, 6) is 1.76. The van der Waals surface area contributed by atoms with Gasteiger partial charge in [0.25, 0.3) is 0 Å². The van der Waals surface area contributed by atoms with Gasteiger partial charge in [-0.3, -0.25) is 0 Å². The number of hydrogen-bond acceptors (Lipinski definition) is 3. The van der Waals surface area contributed by atoms with Crippen LogP contribution in [0.2, 0.25) is 0 Å². The van der Waals surface area contributed by atoms with Gasteiger partial charge in [0.05, 0.1) is 6.54 Å². The Morgan fingerprint density at radius 3 is 2.35 bits per heavy atom. The van der Waals surface area contributed by atoms with Crippen molar-refractivity contribution in [1.29, 1.82) is 0 Å². The van der Waals surface area contributed by atoms with Crippen molar-refractivity contribution in [2.75, 3.05) is 0 Å². The van der Waals surface area contributed by atoms with Crippen molar-refractivity contribution in [3.8, 4) is 11.4 Å². The van der Waals surface area contributed by atoms with Crippen LogP contribution in [0.5, 0.6) is 0 Å². The Kier molecular flexibility index (Phi) is 3.24. The Labute approximate surface area is 101 Å². The first kappa shape index (κ1) is 11.8. The van der Waals surface area contributed by atoms with Gasteiger partial charge in [0.15, 0.2) is 5.82 Å². The molecule has 0 aliphatic carbocycles. The molecule has 1 heterocycles. The Balaban J connectivity index is 2.64. The standard InChI is InChI=1S/C13H18N4/c1-4-17-11(8-14)15-16-13(17)12-9(2)6-5-7-10(12)3/h5-7H,4,8,14H2,1-3H3. The predicted octanol–water partition coefficient (Wildman–Crippen LogP) is 2.04. The van der Waals surface area contributed by atoms with E-state index < -0.39 is 0 Å². The molecule has 17 heavy (non-hydrogen) atoms. The molecule has 0 amide bonds. The maximum atomic E-state index is 5.67. The van der Waals surface area contributed by atoms with Crippen molar-refractivity contribution in [2.45, 2.75) is 33.9 Å². The zero-order valence-electron chi connectivity index (χ0n) is 10.6. The van der Waals surface area contributed by atoms with E-state index in [-0.39, 0.29) is 0 Å². The van der Waals surface area contributed by atoms with E-state index in [0.717, 1.165) is 18.2 Å². The van der Waals surface area contributed by atoms with Gasteiger partial charge >= 0.3 is 0 Å². The van der Waals surface area contributed by atoms with Crippen LogP contribution in [0.15, 0.2) is 18.2 Å². The van der Waals surface area contributed by atoms with Crippen LogP contribution in [0.1, 0.15) is 23.9 Å². The second kappa shape index (κ2) is 4.67. The number of aromatic nitrogens is 3. The van der Waals surface area contributed by atoms with Gasteiger partial charge in [0.1, 0.15) is 5.82 Å². The fourth-order valence-electron chi connectivity index (χ4n) is 2.17. The minimum absolute atomic E-state index is 0.422.